The maximum atomic E-state index is 12.0. The van der Waals surface area contributed by atoms with Crippen LogP contribution in [-0.2, 0) is 6.42 Å². The van der Waals surface area contributed by atoms with Crippen LogP contribution in [0, 0.1) is 0 Å². The van der Waals surface area contributed by atoms with Gasteiger partial charge in [0.25, 0.3) is 0 Å². The minimum Gasteiger partial charge on any atom is -0.171 e. The lowest BCUT2D eigenvalue weighted by Gasteiger charge is -2.12. The summed E-state index contributed by atoms with van der Waals surface area (Å²) in [5.41, 5.74) is 0.955. The smallest absolute Gasteiger partial charge is 0.171 e. The molecule has 0 aliphatic heterocycles. The second-order valence-electron chi connectivity index (χ2n) is 3.11. The van der Waals surface area contributed by atoms with E-state index in [1.54, 1.807) is 0 Å². The molecule has 0 bridgehead atoms. The van der Waals surface area contributed by atoms with Crippen molar-refractivity contribution in [2.24, 2.45) is 0 Å². The maximum Gasteiger partial charge on any atom is 0.390 e. The fraction of sp³-hybridized carbons (Fsp3) is 0.400. The molecule has 0 aliphatic carbocycles. The molecule has 0 nitrogen and oxygen atoms in total. The molecule has 0 N–H and O–H groups in total. The molecular weight excluding hydrogens is 304 g/mol. The van der Waals surface area contributed by atoms with Gasteiger partial charge in [-0.2, -0.15) is 13.2 Å². The molecule has 0 radical (unpaired) electrons. The van der Waals surface area contributed by atoms with Crippen molar-refractivity contribution in [2.45, 2.75) is 22.9 Å². The van der Waals surface area contributed by atoms with Crippen LogP contribution in [0.3, 0.4) is 0 Å². The van der Waals surface area contributed by atoms with E-state index in [1.807, 2.05) is 52.9 Å². The zero-order valence-electron chi connectivity index (χ0n) is 7.39. The summed E-state index contributed by atoms with van der Waals surface area (Å²) < 4.78 is 35.6. The molecule has 0 fully saturated rings. The number of halogens is 4. The Labute approximate surface area is 94.6 Å². The van der Waals surface area contributed by atoms with Gasteiger partial charge in [-0.25, -0.2) is 0 Å². The standard InChI is InChI=1S/C10H10F3I/c11-10(12,13)7-9(14)6-8-4-2-1-3-5-8/h1-5,9H,6-7H2. The zero-order valence-corrected chi connectivity index (χ0v) is 9.55. The van der Waals surface area contributed by atoms with Gasteiger partial charge in [0.05, 0.1) is 6.42 Å². The molecule has 0 aliphatic rings. The number of rotatable bonds is 3. The van der Waals surface area contributed by atoms with E-state index in [9.17, 15) is 13.2 Å². The van der Waals surface area contributed by atoms with Crippen LogP contribution in [0.2, 0.25) is 0 Å². The molecule has 0 spiro atoms. The molecule has 78 valence electrons. The molecule has 1 aromatic rings. The van der Waals surface area contributed by atoms with Crippen LogP contribution in [-0.4, -0.2) is 10.1 Å². The molecule has 14 heavy (non-hydrogen) atoms. The highest BCUT2D eigenvalue weighted by Crippen LogP contribution is 2.27. The average molecular weight is 314 g/mol. The molecule has 1 rings (SSSR count). The maximum absolute atomic E-state index is 12.0. The van der Waals surface area contributed by atoms with E-state index >= 15 is 0 Å². The van der Waals surface area contributed by atoms with Gasteiger partial charge >= 0.3 is 6.18 Å². The fourth-order valence-electron chi connectivity index (χ4n) is 1.19. The van der Waals surface area contributed by atoms with Crippen molar-refractivity contribution in [1.29, 1.82) is 0 Å². The van der Waals surface area contributed by atoms with Crippen molar-refractivity contribution in [3.63, 3.8) is 0 Å². The van der Waals surface area contributed by atoms with Crippen molar-refractivity contribution in [3.8, 4) is 0 Å². The Morgan fingerprint density at radius 1 is 1.14 bits per heavy atom. The monoisotopic (exact) mass is 314 g/mol. The number of hydrogen-bond acceptors (Lipinski definition) is 0. The first-order valence-electron chi connectivity index (χ1n) is 4.22. The van der Waals surface area contributed by atoms with E-state index in [0.717, 1.165) is 5.56 Å². The summed E-state index contributed by atoms with van der Waals surface area (Å²) in [4.78, 5) is 0. The average Bonchev–Trinajstić information content (AvgIpc) is 2.02. The minimum atomic E-state index is -4.05. The van der Waals surface area contributed by atoms with Gasteiger partial charge in [0.1, 0.15) is 0 Å². The highest BCUT2D eigenvalue weighted by molar-refractivity contribution is 14.1. The van der Waals surface area contributed by atoms with E-state index in [2.05, 4.69) is 0 Å². The third kappa shape index (κ3) is 4.83. The number of benzene rings is 1. The fourth-order valence-corrected chi connectivity index (χ4v) is 2.20. The summed E-state index contributed by atoms with van der Waals surface area (Å²) >= 11 is 1.85. The summed E-state index contributed by atoms with van der Waals surface area (Å²) in [5.74, 6) is 0. The molecule has 0 amide bonds. The predicted octanol–water partition coefficient (Wildman–Crippen LogP) is 3.99. The van der Waals surface area contributed by atoms with Crippen molar-refractivity contribution in [3.05, 3.63) is 35.9 Å². The summed E-state index contributed by atoms with van der Waals surface area (Å²) in [6.07, 6.45) is -4.30. The lowest BCUT2D eigenvalue weighted by Crippen LogP contribution is -2.16. The topological polar surface area (TPSA) is 0 Å². The number of hydrogen-bond donors (Lipinski definition) is 0. The Morgan fingerprint density at radius 3 is 2.21 bits per heavy atom. The summed E-state index contributed by atoms with van der Waals surface area (Å²) in [6.45, 7) is 0. The first-order chi connectivity index (χ1) is 6.47. The van der Waals surface area contributed by atoms with E-state index in [0.29, 0.717) is 6.42 Å². The molecular formula is C10H10F3I. The molecule has 1 atom stereocenters. The first-order valence-corrected chi connectivity index (χ1v) is 5.47. The first kappa shape index (κ1) is 11.8. The van der Waals surface area contributed by atoms with Crippen molar-refractivity contribution in [2.75, 3.05) is 0 Å². The Bertz CT molecular complexity index is 268. The van der Waals surface area contributed by atoms with Gasteiger partial charge < -0.3 is 0 Å². The van der Waals surface area contributed by atoms with Crippen LogP contribution >= 0.6 is 22.6 Å². The molecule has 1 unspecified atom stereocenters. The van der Waals surface area contributed by atoms with Crippen molar-refractivity contribution < 1.29 is 13.2 Å². The zero-order chi connectivity index (χ0) is 10.6. The lowest BCUT2D eigenvalue weighted by molar-refractivity contribution is -0.133. The van der Waals surface area contributed by atoms with Crippen molar-refractivity contribution >= 4 is 22.6 Å². The Hall–Kier alpha value is -0.260. The van der Waals surface area contributed by atoms with Gasteiger partial charge in [-0.3, -0.25) is 0 Å². The van der Waals surface area contributed by atoms with Gasteiger partial charge in [0.2, 0.25) is 0 Å². The van der Waals surface area contributed by atoms with Gasteiger partial charge in [-0.15, -0.1) is 0 Å². The predicted molar refractivity (Wildman–Crippen MR) is 58.6 cm³/mol. The van der Waals surface area contributed by atoms with E-state index < -0.39 is 12.6 Å². The van der Waals surface area contributed by atoms with Gasteiger partial charge in [-0.1, -0.05) is 52.9 Å². The van der Waals surface area contributed by atoms with Gasteiger partial charge in [0, 0.05) is 3.92 Å². The molecule has 1 aromatic carbocycles. The Morgan fingerprint density at radius 2 is 1.71 bits per heavy atom. The second-order valence-corrected chi connectivity index (χ2v) is 4.87. The Kier molecular flexibility index (Phi) is 4.22. The van der Waals surface area contributed by atoms with Crippen LogP contribution < -0.4 is 0 Å². The molecule has 0 heterocycles. The SMILES string of the molecule is FC(F)(F)CC(I)Cc1ccccc1. The third-order valence-corrected chi connectivity index (χ3v) is 2.63. The van der Waals surface area contributed by atoms with E-state index in [1.165, 1.54) is 0 Å². The quantitative estimate of drug-likeness (QED) is 0.585. The van der Waals surface area contributed by atoms with E-state index in [-0.39, 0.29) is 3.92 Å². The summed E-state index contributed by atoms with van der Waals surface area (Å²) in [6, 6.07) is 9.23. The lowest BCUT2D eigenvalue weighted by atomic mass is 10.1. The highest BCUT2D eigenvalue weighted by Gasteiger charge is 2.30. The highest BCUT2D eigenvalue weighted by atomic mass is 127. The van der Waals surface area contributed by atoms with Crippen LogP contribution in [0.5, 0.6) is 0 Å². The minimum absolute atomic E-state index is 0.380. The van der Waals surface area contributed by atoms with Crippen LogP contribution in [0.25, 0.3) is 0 Å². The summed E-state index contributed by atoms with van der Waals surface area (Å²) in [5, 5.41) is 0. The second kappa shape index (κ2) is 5.00. The summed E-state index contributed by atoms with van der Waals surface area (Å²) in [7, 11) is 0. The van der Waals surface area contributed by atoms with Crippen molar-refractivity contribution in [1.82, 2.24) is 0 Å². The van der Waals surface area contributed by atoms with Gasteiger partial charge in [-0.05, 0) is 12.0 Å². The van der Waals surface area contributed by atoms with Crippen LogP contribution in [0.1, 0.15) is 12.0 Å². The largest absolute Gasteiger partial charge is 0.390 e. The molecule has 4 heteroatoms. The van der Waals surface area contributed by atoms with Gasteiger partial charge in [0.15, 0.2) is 0 Å². The Balaban J connectivity index is 2.46. The third-order valence-electron chi connectivity index (χ3n) is 1.75. The normalized spacial score (nSPS) is 14.0. The van der Waals surface area contributed by atoms with E-state index in [4.69, 9.17) is 0 Å². The van der Waals surface area contributed by atoms with Crippen LogP contribution in [0.15, 0.2) is 30.3 Å². The number of alkyl halides is 4. The molecule has 0 aromatic heterocycles. The molecule has 0 saturated heterocycles. The van der Waals surface area contributed by atoms with Crippen LogP contribution in [0.4, 0.5) is 13.2 Å². The molecule has 0 saturated carbocycles.